The summed E-state index contributed by atoms with van der Waals surface area (Å²) in [6, 6.07) is 8.56. The number of hydrogen-bond donors (Lipinski definition) is 1. The Morgan fingerprint density at radius 2 is 2.17 bits per heavy atom. The molecule has 0 saturated heterocycles. The summed E-state index contributed by atoms with van der Waals surface area (Å²) in [4.78, 5) is 12.7. The van der Waals surface area contributed by atoms with Crippen molar-refractivity contribution in [2.75, 3.05) is 5.73 Å². The van der Waals surface area contributed by atoms with Crippen molar-refractivity contribution < 1.29 is 9.53 Å². The lowest BCUT2D eigenvalue weighted by Crippen LogP contribution is -2.05. The van der Waals surface area contributed by atoms with Gasteiger partial charge in [0.15, 0.2) is 0 Å². The average molecular weight is 347 g/mol. The Kier molecular flexibility index (Phi) is 4.27. The van der Waals surface area contributed by atoms with E-state index in [1.165, 1.54) is 11.3 Å². The van der Waals surface area contributed by atoms with E-state index in [1.54, 1.807) is 24.3 Å². The molecule has 2 rings (SSSR count). The second kappa shape index (κ2) is 5.73. The van der Waals surface area contributed by atoms with Crippen LogP contribution in [0.1, 0.15) is 15.2 Å². The smallest absolute Gasteiger partial charge is 0.338 e. The molecule has 3 nitrogen and oxygen atoms in total. The molecule has 0 aliphatic heterocycles. The molecule has 0 spiro atoms. The van der Waals surface area contributed by atoms with E-state index in [1.807, 2.05) is 6.07 Å². The minimum Gasteiger partial charge on any atom is -0.456 e. The van der Waals surface area contributed by atoms with Gasteiger partial charge in [-0.2, -0.15) is 0 Å². The summed E-state index contributed by atoms with van der Waals surface area (Å²) in [5, 5.41) is 0. The molecule has 2 aromatic rings. The molecule has 0 unspecified atom stereocenters. The first-order valence-corrected chi connectivity index (χ1v) is 7.01. The summed E-state index contributed by atoms with van der Waals surface area (Å²) in [6.07, 6.45) is 0. The predicted molar refractivity (Wildman–Crippen MR) is 77.0 cm³/mol. The molecule has 0 amide bonds. The highest BCUT2D eigenvalue weighted by molar-refractivity contribution is 9.10. The van der Waals surface area contributed by atoms with Gasteiger partial charge < -0.3 is 10.5 Å². The lowest BCUT2D eigenvalue weighted by Gasteiger charge is -2.04. The Bertz CT molecular complexity index is 565. The van der Waals surface area contributed by atoms with Crippen molar-refractivity contribution in [2.45, 2.75) is 6.61 Å². The van der Waals surface area contributed by atoms with Gasteiger partial charge in [0.1, 0.15) is 6.61 Å². The first-order valence-electron chi connectivity index (χ1n) is 5.02. The van der Waals surface area contributed by atoms with Crippen LogP contribution >= 0.6 is 38.9 Å². The fourth-order valence-corrected chi connectivity index (χ4v) is 2.89. The van der Waals surface area contributed by atoms with E-state index >= 15 is 0 Å². The van der Waals surface area contributed by atoms with Gasteiger partial charge >= 0.3 is 5.97 Å². The molecule has 0 saturated carbocycles. The van der Waals surface area contributed by atoms with Crippen molar-refractivity contribution in [3.05, 3.63) is 49.6 Å². The fraction of sp³-hybridized carbons (Fsp3) is 0.0833. The van der Waals surface area contributed by atoms with Gasteiger partial charge in [0.25, 0.3) is 0 Å². The summed E-state index contributed by atoms with van der Waals surface area (Å²) < 4.78 is 6.59. The number of carbonyl (C=O) groups excluding carboxylic acids is 1. The lowest BCUT2D eigenvalue weighted by molar-refractivity contribution is 0.0477. The number of nitrogens with two attached hydrogens (primary N) is 1. The maximum absolute atomic E-state index is 11.8. The second-order valence-electron chi connectivity index (χ2n) is 3.56. The van der Waals surface area contributed by atoms with Gasteiger partial charge in [-0.3, -0.25) is 0 Å². The molecular weight excluding hydrogens is 338 g/mol. The molecule has 18 heavy (non-hydrogen) atoms. The van der Waals surface area contributed by atoms with E-state index < -0.39 is 5.97 Å². The summed E-state index contributed by atoms with van der Waals surface area (Å²) >= 11 is 10.5. The molecule has 1 aromatic heterocycles. The monoisotopic (exact) mass is 345 g/mol. The Morgan fingerprint density at radius 1 is 1.39 bits per heavy atom. The predicted octanol–water partition coefficient (Wildman–Crippen LogP) is 4.10. The average Bonchev–Trinajstić information content (AvgIpc) is 2.70. The Labute approximate surface area is 122 Å². The Morgan fingerprint density at radius 3 is 2.78 bits per heavy atom. The third-order valence-electron chi connectivity index (χ3n) is 2.13. The van der Waals surface area contributed by atoms with Gasteiger partial charge in [-0.25, -0.2) is 4.79 Å². The molecule has 0 radical (unpaired) electrons. The zero-order valence-electron chi connectivity index (χ0n) is 9.15. The lowest BCUT2D eigenvalue weighted by atomic mass is 10.2. The third kappa shape index (κ3) is 3.48. The highest BCUT2D eigenvalue weighted by Crippen LogP contribution is 2.23. The maximum Gasteiger partial charge on any atom is 0.338 e. The van der Waals surface area contributed by atoms with Crippen LogP contribution in [0, 0.1) is 0 Å². The number of esters is 1. The molecule has 94 valence electrons. The van der Waals surface area contributed by atoms with E-state index in [0.29, 0.717) is 15.6 Å². The first kappa shape index (κ1) is 13.4. The van der Waals surface area contributed by atoms with Crippen LogP contribution in [0.15, 0.2) is 34.8 Å². The minimum absolute atomic E-state index is 0.211. The van der Waals surface area contributed by atoms with Gasteiger partial charge in [0.05, 0.1) is 9.90 Å². The number of halogens is 2. The SMILES string of the molecule is Nc1cc(Br)cc(C(=O)OCc2ccc(Cl)s2)c1. The van der Waals surface area contributed by atoms with Crippen LogP contribution in [0.5, 0.6) is 0 Å². The molecular formula is C12H9BrClNO2S. The van der Waals surface area contributed by atoms with Crippen molar-refractivity contribution in [3.8, 4) is 0 Å². The molecule has 1 aromatic carbocycles. The molecule has 1 heterocycles. The summed E-state index contributed by atoms with van der Waals surface area (Å²) in [5.74, 6) is -0.410. The van der Waals surface area contributed by atoms with Crippen molar-refractivity contribution >= 4 is 50.5 Å². The fourth-order valence-electron chi connectivity index (χ4n) is 1.38. The number of anilines is 1. The van der Waals surface area contributed by atoms with Crippen molar-refractivity contribution in [2.24, 2.45) is 0 Å². The van der Waals surface area contributed by atoms with Crippen LogP contribution in [-0.4, -0.2) is 5.97 Å². The van der Waals surface area contributed by atoms with Crippen LogP contribution in [0.25, 0.3) is 0 Å². The van der Waals surface area contributed by atoms with Crippen LogP contribution in [0.3, 0.4) is 0 Å². The van der Waals surface area contributed by atoms with E-state index in [-0.39, 0.29) is 6.61 Å². The maximum atomic E-state index is 11.8. The number of rotatable bonds is 3. The van der Waals surface area contributed by atoms with E-state index in [9.17, 15) is 4.79 Å². The van der Waals surface area contributed by atoms with E-state index in [0.717, 1.165) is 9.35 Å². The van der Waals surface area contributed by atoms with Gasteiger partial charge in [-0.05, 0) is 30.3 Å². The molecule has 6 heteroatoms. The highest BCUT2D eigenvalue weighted by Gasteiger charge is 2.09. The highest BCUT2D eigenvalue weighted by atomic mass is 79.9. The summed E-state index contributed by atoms with van der Waals surface area (Å²) in [6.45, 7) is 0.211. The molecule has 0 bridgehead atoms. The summed E-state index contributed by atoms with van der Waals surface area (Å²) in [5.41, 5.74) is 6.59. The van der Waals surface area contributed by atoms with Crippen LogP contribution in [0.2, 0.25) is 4.34 Å². The minimum atomic E-state index is -0.410. The zero-order valence-corrected chi connectivity index (χ0v) is 12.3. The Balaban J connectivity index is 2.03. The number of thiophene rings is 1. The molecule has 0 fully saturated rings. The number of carbonyl (C=O) groups is 1. The number of hydrogen-bond acceptors (Lipinski definition) is 4. The number of nitrogen functional groups attached to an aromatic ring is 1. The molecule has 0 aliphatic rings. The third-order valence-corrected chi connectivity index (χ3v) is 3.79. The second-order valence-corrected chi connectivity index (χ2v) is 6.27. The van der Waals surface area contributed by atoms with Crippen LogP contribution < -0.4 is 5.73 Å². The zero-order chi connectivity index (χ0) is 13.1. The van der Waals surface area contributed by atoms with Crippen molar-refractivity contribution in [1.29, 1.82) is 0 Å². The first-order chi connectivity index (χ1) is 8.54. The quantitative estimate of drug-likeness (QED) is 0.672. The van der Waals surface area contributed by atoms with Crippen LogP contribution in [-0.2, 0) is 11.3 Å². The standard InChI is InChI=1S/C12H9BrClNO2S/c13-8-3-7(4-9(15)5-8)12(16)17-6-10-1-2-11(14)18-10/h1-5H,6,15H2. The normalized spacial score (nSPS) is 10.3. The Hall–Kier alpha value is -1.04. The van der Waals surface area contributed by atoms with Crippen LogP contribution in [0.4, 0.5) is 5.69 Å². The van der Waals surface area contributed by atoms with Gasteiger partial charge in [-0.15, -0.1) is 11.3 Å². The molecule has 0 atom stereocenters. The topological polar surface area (TPSA) is 52.3 Å². The van der Waals surface area contributed by atoms with Gasteiger partial charge in [0, 0.05) is 15.0 Å². The number of benzene rings is 1. The van der Waals surface area contributed by atoms with Gasteiger partial charge in [-0.1, -0.05) is 27.5 Å². The van der Waals surface area contributed by atoms with E-state index in [2.05, 4.69) is 15.9 Å². The largest absolute Gasteiger partial charge is 0.456 e. The summed E-state index contributed by atoms with van der Waals surface area (Å²) in [7, 11) is 0. The molecule has 2 N–H and O–H groups in total. The van der Waals surface area contributed by atoms with Crippen molar-refractivity contribution in [3.63, 3.8) is 0 Å². The number of ether oxygens (including phenoxy) is 1. The van der Waals surface area contributed by atoms with Crippen molar-refractivity contribution in [1.82, 2.24) is 0 Å². The molecule has 0 aliphatic carbocycles. The van der Waals surface area contributed by atoms with E-state index in [4.69, 9.17) is 22.1 Å². The van der Waals surface area contributed by atoms with Gasteiger partial charge in [0.2, 0.25) is 0 Å².